The highest BCUT2D eigenvalue weighted by Gasteiger charge is 2.30. The van der Waals surface area contributed by atoms with Gasteiger partial charge in [-0.1, -0.05) is 12.1 Å². The van der Waals surface area contributed by atoms with Crippen LogP contribution in [0.4, 0.5) is 5.69 Å². The molecule has 5 heteroatoms. The molecule has 0 radical (unpaired) electrons. The van der Waals surface area contributed by atoms with Crippen molar-refractivity contribution in [1.82, 2.24) is 4.90 Å². The van der Waals surface area contributed by atoms with E-state index in [2.05, 4.69) is 50.8 Å². The van der Waals surface area contributed by atoms with Gasteiger partial charge in [0.25, 0.3) is 5.91 Å². The molecule has 2 fully saturated rings. The summed E-state index contributed by atoms with van der Waals surface area (Å²) in [6.07, 6.45) is 0.486. The van der Waals surface area contributed by atoms with E-state index in [1.165, 1.54) is 21.7 Å². The van der Waals surface area contributed by atoms with Crippen molar-refractivity contribution in [3.63, 3.8) is 0 Å². The third-order valence-corrected chi connectivity index (χ3v) is 5.57. The van der Waals surface area contributed by atoms with E-state index in [0.29, 0.717) is 6.54 Å². The fraction of sp³-hybridized carbons (Fsp3) is 0.650. The van der Waals surface area contributed by atoms with Crippen LogP contribution < -0.4 is 9.80 Å². The molecule has 1 N–H and O–H groups in total. The first-order valence-electron chi connectivity index (χ1n) is 9.52. The molecule has 138 valence electrons. The Bertz CT molecular complexity index is 601. The van der Waals surface area contributed by atoms with E-state index in [9.17, 15) is 4.79 Å². The molecule has 0 aliphatic carbocycles. The first kappa shape index (κ1) is 18.2. The lowest BCUT2D eigenvalue weighted by molar-refractivity contribution is -0.907. The van der Waals surface area contributed by atoms with Crippen molar-refractivity contribution >= 4 is 11.6 Å². The van der Waals surface area contributed by atoms with Gasteiger partial charge in [-0.15, -0.1) is 0 Å². The number of hydrogen-bond donors (Lipinski definition) is 1. The third-order valence-electron chi connectivity index (χ3n) is 5.57. The van der Waals surface area contributed by atoms with Crippen LogP contribution in [0.3, 0.4) is 0 Å². The maximum Gasteiger partial charge on any atom is 0.277 e. The summed E-state index contributed by atoms with van der Waals surface area (Å²) in [6, 6.07) is 6.48. The van der Waals surface area contributed by atoms with Gasteiger partial charge in [0.1, 0.15) is 25.3 Å². The molecule has 0 unspecified atom stereocenters. The zero-order chi connectivity index (χ0) is 18.0. The van der Waals surface area contributed by atoms with Crippen LogP contribution >= 0.6 is 0 Å². The molecule has 3 rings (SSSR count). The molecular weight excluding hydrogens is 314 g/mol. The fourth-order valence-electron chi connectivity index (χ4n) is 4.13. The maximum absolute atomic E-state index is 12.7. The molecule has 0 bridgehead atoms. The Labute approximate surface area is 151 Å². The number of morpholine rings is 1. The van der Waals surface area contributed by atoms with E-state index in [4.69, 9.17) is 4.74 Å². The summed E-state index contributed by atoms with van der Waals surface area (Å²) in [5, 5.41) is 0. The minimum absolute atomic E-state index is 0.243. The standard InChI is InChI=1S/C20H31N3O2/c1-15-6-5-7-19(18(15)4)22-8-10-23(11-9-22)20(24)14-21-12-16(2)25-17(3)13-21/h5-7,16-17H,8-14H2,1-4H3/p+1/t16-,17-/m0/s1. The van der Waals surface area contributed by atoms with Crippen molar-refractivity contribution < 1.29 is 14.4 Å². The monoisotopic (exact) mass is 346 g/mol. The van der Waals surface area contributed by atoms with Crippen molar-refractivity contribution in [3.05, 3.63) is 29.3 Å². The van der Waals surface area contributed by atoms with Crippen LogP contribution in [0.5, 0.6) is 0 Å². The average molecular weight is 346 g/mol. The van der Waals surface area contributed by atoms with E-state index >= 15 is 0 Å². The Kier molecular flexibility index (Phi) is 5.64. The predicted octanol–water partition coefficient (Wildman–Crippen LogP) is 0.644. The summed E-state index contributed by atoms with van der Waals surface area (Å²) < 4.78 is 5.77. The Morgan fingerprint density at radius 2 is 1.76 bits per heavy atom. The van der Waals surface area contributed by atoms with Crippen molar-refractivity contribution in [1.29, 1.82) is 0 Å². The summed E-state index contributed by atoms with van der Waals surface area (Å²) >= 11 is 0. The molecule has 0 spiro atoms. The Hall–Kier alpha value is -1.59. The molecule has 2 aliphatic heterocycles. The van der Waals surface area contributed by atoms with Crippen LogP contribution in [-0.2, 0) is 9.53 Å². The van der Waals surface area contributed by atoms with Gasteiger partial charge in [0, 0.05) is 31.9 Å². The molecular formula is C20H32N3O2+. The highest BCUT2D eigenvalue weighted by atomic mass is 16.5. The first-order chi connectivity index (χ1) is 11.9. The normalized spacial score (nSPS) is 27.4. The zero-order valence-electron chi connectivity index (χ0n) is 16.0. The number of amides is 1. The van der Waals surface area contributed by atoms with E-state index in [0.717, 1.165) is 39.3 Å². The quantitative estimate of drug-likeness (QED) is 0.873. The number of carbonyl (C=O) groups is 1. The topological polar surface area (TPSA) is 37.2 Å². The summed E-state index contributed by atoms with van der Waals surface area (Å²) in [6.45, 7) is 14.5. The molecule has 25 heavy (non-hydrogen) atoms. The Morgan fingerprint density at radius 1 is 1.12 bits per heavy atom. The lowest BCUT2D eigenvalue weighted by Gasteiger charge is -2.38. The number of rotatable bonds is 3. The lowest BCUT2D eigenvalue weighted by Crippen LogP contribution is -3.16. The minimum atomic E-state index is 0.243. The number of nitrogens with zero attached hydrogens (tertiary/aromatic N) is 2. The molecule has 0 saturated carbocycles. The molecule has 2 aliphatic rings. The number of anilines is 1. The SMILES string of the molecule is Cc1cccc(N2CCN(C(=O)C[NH+]3C[C@H](C)O[C@@H](C)C3)CC2)c1C. The zero-order valence-corrected chi connectivity index (χ0v) is 16.0. The van der Waals surface area contributed by atoms with Crippen molar-refractivity contribution in [2.24, 2.45) is 0 Å². The molecule has 1 amide bonds. The van der Waals surface area contributed by atoms with Crippen LogP contribution in [0.1, 0.15) is 25.0 Å². The van der Waals surface area contributed by atoms with E-state index < -0.39 is 0 Å². The van der Waals surface area contributed by atoms with Crippen LogP contribution in [-0.4, -0.2) is 68.8 Å². The van der Waals surface area contributed by atoms with Crippen LogP contribution in [0, 0.1) is 13.8 Å². The second kappa shape index (κ2) is 7.75. The number of aryl methyl sites for hydroxylation is 1. The number of carbonyl (C=O) groups excluding carboxylic acids is 1. The molecule has 1 aromatic rings. The molecule has 0 aromatic heterocycles. The highest BCUT2D eigenvalue weighted by molar-refractivity contribution is 5.77. The maximum atomic E-state index is 12.7. The smallest absolute Gasteiger partial charge is 0.277 e. The third kappa shape index (κ3) is 4.33. The van der Waals surface area contributed by atoms with Gasteiger partial charge in [0.2, 0.25) is 0 Å². The second-order valence-corrected chi connectivity index (χ2v) is 7.68. The van der Waals surface area contributed by atoms with Gasteiger partial charge < -0.3 is 19.4 Å². The molecule has 5 nitrogen and oxygen atoms in total. The Morgan fingerprint density at radius 3 is 2.40 bits per heavy atom. The van der Waals surface area contributed by atoms with Gasteiger partial charge >= 0.3 is 0 Å². The average Bonchev–Trinajstić information content (AvgIpc) is 2.56. The summed E-state index contributed by atoms with van der Waals surface area (Å²) in [4.78, 5) is 18.5. The summed E-state index contributed by atoms with van der Waals surface area (Å²) in [5.41, 5.74) is 3.99. The van der Waals surface area contributed by atoms with E-state index in [-0.39, 0.29) is 18.1 Å². The minimum Gasteiger partial charge on any atom is -0.368 e. The van der Waals surface area contributed by atoms with E-state index in [1.54, 1.807) is 0 Å². The largest absolute Gasteiger partial charge is 0.368 e. The fourth-order valence-corrected chi connectivity index (χ4v) is 4.13. The van der Waals surface area contributed by atoms with Crippen LogP contribution in [0.25, 0.3) is 0 Å². The molecule has 2 heterocycles. The number of piperazine rings is 1. The van der Waals surface area contributed by atoms with Crippen molar-refractivity contribution in [3.8, 4) is 0 Å². The summed E-state index contributed by atoms with van der Waals surface area (Å²) in [5.74, 6) is 0.289. The molecule has 2 atom stereocenters. The van der Waals surface area contributed by atoms with Gasteiger partial charge in [-0.3, -0.25) is 4.79 Å². The highest BCUT2D eigenvalue weighted by Crippen LogP contribution is 2.23. The van der Waals surface area contributed by atoms with E-state index in [1.807, 2.05) is 4.90 Å². The Balaban J connectivity index is 1.53. The summed E-state index contributed by atoms with van der Waals surface area (Å²) in [7, 11) is 0. The lowest BCUT2D eigenvalue weighted by atomic mass is 10.1. The number of nitrogens with one attached hydrogen (secondary N) is 1. The van der Waals surface area contributed by atoms with Gasteiger partial charge in [0.15, 0.2) is 6.54 Å². The van der Waals surface area contributed by atoms with Crippen molar-refractivity contribution in [2.75, 3.05) is 50.7 Å². The van der Waals surface area contributed by atoms with Crippen molar-refractivity contribution in [2.45, 2.75) is 39.9 Å². The number of hydrogen-bond acceptors (Lipinski definition) is 3. The van der Waals surface area contributed by atoms with Crippen LogP contribution in [0.15, 0.2) is 18.2 Å². The van der Waals surface area contributed by atoms with Gasteiger partial charge in [-0.05, 0) is 44.9 Å². The molecule has 2 saturated heterocycles. The van der Waals surface area contributed by atoms with Crippen LogP contribution in [0.2, 0.25) is 0 Å². The number of ether oxygens (including phenoxy) is 1. The van der Waals surface area contributed by atoms with Gasteiger partial charge in [-0.2, -0.15) is 0 Å². The number of quaternary nitrogens is 1. The number of benzene rings is 1. The molecule has 1 aromatic carbocycles. The van der Waals surface area contributed by atoms with Gasteiger partial charge in [0.05, 0.1) is 0 Å². The first-order valence-corrected chi connectivity index (χ1v) is 9.52. The predicted molar refractivity (Wildman–Crippen MR) is 100 cm³/mol. The van der Waals surface area contributed by atoms with Gasteiger partial charge in [-0.25, -0.2) is 0 Å². The second-order valence-electron chi connectivity index (χ2n) is 7.68.